The van der Waals surface area contributed by atoms with E-state index in [1.54, 1.807) is 6.20 Å². The summed E-state index contributed by atoms with van der Waals surface area (Å²) >= 11 is 6.48. The molecule has 38 heavy (non-hydrogen) atoms. The van der Waals surface area contributed by atoms with Crippen LogP contribution in [0.3, 0.4) is 0 Å². The zero-order valence-electron chi connectivity index (χ0n) is 21.7. The molecule has 1 atom stereocenters. The molecule has 8 nitrogen and oxygen atoms in total. The SMILES string of the molecule is Cc1cc(Nc2ncc3cc(-c4ccccc4Cl)c(=O)n([C@H]4CCNC4)c3n2)ccc1N1CCN(C)CC1. The van der Waals surface area contributed by atoms with Crippen LogP contribution in [0.2, 0.25) is 5.02 Å². The minimum absolute atomic E-state index is 0.0142. The minimum Gasteiger partial charge on any atom is -0.369 e. The summed E-state index contributed by atoms with van der Waals surface area (Å²) in [6.45, 7) is 7.93. The van der Waals surface area contributed by atoms with Gasteiger partial charge in [0, 0.05) is 71.8 Å². The van der Waals surface area contributed by atoms with Gasteiger partial charge in [0.2, 0.25) is 5.95 Å². The first-order chi connectivity index (χ1) is 18.5. The van der Waals surface area contributed by atoms with Gasteiger partial charge in [0.1, 0.15) is 5.65 Å². The summed E-state index contributed by atoms with van der Waals surface area (Å²) in [4.78, 5) is 28.1. The van der Waals surface area contributed by atoms with E-state index >= 15 is 0 Å². The van der Waals surface area contributed by atoms with Crippen molar-refractivity contribution in [3.05, 3.63) is 75.7 Å². The number of aryl methyl sites for hydroxylation is 1. The summed E-state index contributed by atoms with van der Waals surface area (Å²) in [5, 5.41) is 8.10. The Labute approximate surface area is 227 Å². The van der Waals surface area contributed by atoms with Crippen molar-refractivity contribution in [1.29, 1.82) is 0 Å². The fourth-order valence-electron chi connectivity index (χ4n) is 5.52. The van der Waals surface area contributed by atoms with E-state index in [4.69, 9.17) is 16.6 Å². The molecule has 9 heteroatoms. The van der Waals surface area contributed by atoms with Crippen LogP contribution in [-0.4, -0.2) is 65.8 Å². The summed E-state index contributed by atoms with van der Waals surface area (Å²) < 4.78 is 1.82. The molecule has 0 spiro atoms. The van der Waals surface area contributed by atoms with Crippen LogP contribution in [0.4, 0.5) is 17.3 Å². The van der Waals surface area contributed by atoms with Gasteiger partial charge in [-0.2, -0.15) is 4.98 Å². The Bertz CT molecular complexity index is 1540. The van der Waals surface area contributed by atoms with Crippen molar-refractivity contribution in [1.82, 2.24) is 24.8 Å². The van der Waals surface area contributed by atoms with E-state index in [1.807, 2.05) is 34.9 Å². The Morgan fingerprint density at radius 3 is 2.61 bits per heavy atom. The van der Waals surface area contributed by atoms with E-state index in [1.165, 1.54) is 11.3 Å². The first-order valence-electron chi connectivity index (χ1n) is 13.2. The second kappa shape index (κ2) is 10.4. The maximum atomic E-state index is 13.8. The third kappa shape index (κ3) is 4.75. The van der Waals surface area contributed by atoms with Gasteiger partial charge in [-0.15, -0.1) is 0 Å². The number of hydrogen-bond acceptors (Lipinski definition) is 7. The number of fused-ring (bicyclic) bond motifs is 1. The van der Waals surface area contributed by atoms with Crippen LogP contribution in [-0.2, 0) is 0 Å². The fraction of sp³-hybridized carbons (Fsp3) is 0.345. The van der Waals surface area contributed by atoms with Gasteiger partial charge in [-0.05, 0) is 62.8 Å². The second-order valence-electron chi connectivity index (χ2n) is 10.2. The molecule has 0 saturated carbocycles. The lowest BCUT2D eigenvalue weighted by Crippen LogP contribution is -2.44. The Hall–Kier alpha value is -3.46. The molecule has 196 valence electrons. The molecular formula is C29H32ClN7O. The van der Waals surface area contributed by atoms with Gasteiger partial charge in [-0.3, -0.25) is 9.36 Å². The third-order valence-electron chi connectivity index (χ3n) is 7.63. The Morgan fingerprint density at radius 2 is 1.87 bits per heavy atom. The van der Waals surface area contributed by atoms with Gasteiger partial charge in [-0.1, -0.05) is 29.8 Å². The number of anilines is 3. The molecule has 2 N–H and O–H groups in total. The van der Waals surface area contributed by atoms with Gasteiger partial charge in [-0.25, -0.2) is 4.98 Å². The summed E-state index contributed by atoms with van der Waals surface area (Å²) in [5.74, 6) is 0.467. The van der Waals surface area contributed by atoms with Crippen LogP contribution in [0.1, 0.15) is 18.0 Å². The number of likely N-dealkylation sites (N-methyl/N-ethyl adjacent to an activating group) is 1. The number of nitrogens with one attached hydrogen (secondary N) is 2. The van der Waals surface area contributed by atoms with Crippen LogP contribution >= 0.6 is 11.6 Å². The highest BCUT2D eigenvalue weighted by Crippen LogP contribution is 2.30. The fourth-order valence-corrected chi connectivity index (χ4v) is 5.75. The molecule has 0 bridgehead atoms. The van der Waals surface area contributed by atoms with Gasteiger partial charge in [0.25, 0.3) is 5.56 Å². The summed E-state index contributed by atoms with van der Waals surface area (Å²) in [5.41, 5.74) is 5.22. The normalized spacial score (nSPS) is 18.3. The number of aromatic nitrogens is 3. The molecule has 2 aliphatic heterocycles. The number of nitrogens with zero attached hydrogens (tertiary/aromatic N) is 5. The molecule has 4 aromatic rings. The number of halogens is 1. The average molecular weight is 530 g/mol. The number of benzene rings is 2. The van der Waals surface area contributed by atoms with Crippen LogP contribution in [0, 0.1) is 6.92 Å². The summed E-state index contributed by atoms with van der Waals surface area (Å²) in [6.07, 6.45) is 2.65. The lowest BCUT2D eigenvalue weighted by atomic mass is 10.1. The first kappa shape index (κ1) is 24.9. The highest BCUT2D eigenvalue weighted by Gasteiger charge is 2.24. The van der Waals surface area contributed by atoms with E-state index in [9.17, 15) is 4.79 Å². The van der Waals surface area contributed by atoms with Crippen LogP contribution in [0.15, 0.2) is 59.5 Å². The summed E-state index contributed by atoms with van der Waals surface area (Å²) in [6, 6.07) is 15.7. The monoisotopic (exact) mass is 529 g/mol. The van der Waals surface area contributed by atoms with E-state index < -0.39 is 0 Å². The maximum Gasteiger partial charge on any atom is 0.260 e. The van der Waals surface area contributed by atoms with E-state index in [0.29, 0.717) is 22.2 Å². The molecule has 0 amide bonds. The lowest BCUT2D eigenvalue weighted by molar-refractivity contribution is 0.312. The van der Waals surface area contributed by atoms with E-state index in [0.717, 1.165) is 62.3 Å². The Balaban J connectivity index is 1.36. The largest absolute Gasteiger partial charge is 0.369 e. The predicted octanol–water partition coefficient (Wildman–Crippen LogP) is 4.45. The molecule has 0 radical (unpaired) electrons. The molecule has 2 aliphatic rings. The molecule has 2 saturated heterocycles. The molecule has 2 aromatic carbocycles. The standard InChI is InChI=1S/C29H32ClN7O/c1-19-15-21(7-8-26(19)36-13-11-35(2)12-14-36)33-29-32-17-20-16-24(23-5-3-4-6-25(23)30)28(38)37(27(20)34-29)22-9-10-31-18-22/h3-8,15-17,22,31H,9-14,18H2,1-2H3,(H,32,33,34)/t22-/m0/s1. The van der Waals surface area contributed by atoms with E-state index in [2.05, 4.69) is 57.6 Å². The quantitative estimate of drug-likeness (QED) is 0.395. The number of rotatable bonds is 5. The van der Waals surface area contributed by atoms with Crippen LogP contribution < -0.4 is 21.1 Å². The Kier molecular flexibility index (Phi) is 6.78. The maximum absolute atomic E-state index is 13.8. The lowest BCUT2D eigenvalue weighted by Gasteiger charge is -2.35. The molecular weight excluding hydrogens is 498 g/mol. The van der Waals surface area contributed by atoms with Crippen molar-refractivity contribution in [3.8, 4) is 11.1 Å². The highest BCUT2D eigenvalue weighted by molar-refractivity contribution is 6.33. The molecule has 6 rings (SSSR count). The number of pyridine rings is 1. The van der Waals surface area contributed by atoms with Crippen molar-refractivity contribution < 1.29 is 0 Å². The van der Waals surface area contributed by atoms with Crippen molar-refractivity contribution in [2.24, 2.45) is 0 Å². The molecule has 0 unspecified atom stereocenters. The number of piperazine rings is 1. The zero-order valence-corrected chi connectivity index (χ0v) is 22.5. The van der Waals surface area contributed by atoms with E-state index in [-0.39, 0.29) is 11.6 Å². The second-order valence-corrected chi connectivity index (χ2v) is 10.7. The average Bonchev–Trinajstić information content (AvgIpc) is 3.44. The highest BCUT2D eigenvalue weighted by atomic mass is 35.5. The zero-order chi connectivity index (χ0) is 26.2. The first-order valence-corrected chi connectivity index (χ1v) is 13.5. The topological polar surface area (TPSA) is 78.3 Å². The summed E-state index contributed by atoms with van der Waals surface area (Å²) in [7, 11) is 2.17. The predicted molar refractivity (Wildman–Crippen MR) is 155 cm³/mol. The van der Waals surface area contributed by atoms with Gasteiger partial charge < -0.3 is 20.4 Å². The van der Waals surface area contributed by atoms with Crippen molar-refractivity contribution in [2.75, 3.05) is 56.5 Å². The molecule has 2 fully saturated rings. The molecule has 0 aliphatic carbocycles. The Morgan fingerprint density at radius 1 is 1.05 bits per heavy atom. The molecule has 2 aromatic heterocycles. The third-order valence-corrected chi connectivity index (χ3v) is 7.96. The molecule has 4 heterocycles. The number of hydrogen-bond donors (Lipinski definition) is 2. The van der Waals surface area contributed by atoms with Crippen LogP contribution in [0.5, 0.6) is 0 Å². The van der Waals surface area contributed by atoms with Crippen molar-refractivity contribution in [2.45, 2.75) is 19.4 Å². The van der Waals surface area contributed by atoms with Gasteiger partial charge >= 0.3 is 0 Å². The smallest absolute Gasteiger partial charge is 0.260 e. The minimum atomic E-state index is -0.0867. The van der Waals surface area contributed by atoms with Crippen molar-refractivity contribution >= 4 is 40.0 Å². The van der Waals surface area contributed by atoms with Gasteiger partial charge in [0.15, 0.2) is 0 Å². The van der Waals surface area contributed by atoms with Gasteiger partial charge in [0.05, 0.1) is 6.04 Å². The van der Waals surface area contributed by atoms with Crippen molar-refractivity contribution in [3.63, 3.8) is 0 Å². The van der Waals surface area contributed by atoms with Crippen LogP contribution in [0.25, 0.3) is 22.2 Å².